The number of benzene rings is 2. The molecule has 1 aromatic heterocycles. The Hall–Kier alpha value is -3.08. The first-order valence-corrected chi connectivity index (χ1v) is 7.86. The first kappa shape index (κ1) is 16.8. The monoisotopic (exact) mass is 338 g/mol. The molecule has 0 unspecified atom stereocenters. The summed E-state index contributed by atoms with van der Waals surface area (Å²) in [5.74, 6) is 1.09. The molecule has 3 rings (SSSR count). The van der Waals surface area contributed by atoms with Crippen molar-refractivity contribution in [2.45, 2.75) is 20.8 Å². The first-order chi connectivity index (χ1) is 11.9. The lowest BCUT2D eigenvalue weighted by Gasteiger charge is -2.08. The number of aryl methyl sites for hydroxylation is 2. The highest BCUT2D eigenvalue weighted by Crippen LogP contribution is 2.25. The zero-order valence-corrected chi connectivity index (χ0v) is 14.3. The average Bonchev–Trinajstić information content (AvgIpc) is 2.54. The third-order valence-corrected chi connectivity index (χ3v) is 3.58. The fourth-order valence-corrected chi connectivity index (χ4v) is 2.55. The van der Waals surface area contributed by atoms with Gasteiger partial charge in [0.15, 0.2) is 5.78 Å². The lowest BCUT2D eigenvalue weighted by Crippen LogP contribution is -2.07. The van der Waals surface area contributed by atoms with Gasteiger partial charge in [-0.15, -0.1) is 0 Å². The van der Waals surface area contributed by atoms with E-state index in [0.29, 0.717) is 22.5 Å². The molecule has 1 heterocycles. The van der Waals surface area contributed by atoms with Crippen molar-refractivity contribution >= 4 is 16.8 Å². The van der Waals surface area contributed by atoms with Crippen molar-refractivity contribution in [2.75, 3.05) is 6.61 Å². The van der Waals surface area contributed by atoms with Gasteiger partial charge in [0.1, 0.15) is 30.0 Å². The molecule has 0 bridgehead atoms. The summed E-state index contributed by atoms with van der Waals surface area (Å²) in [4.78, 5) is 23.6. The van der Waals surface area contributed by atoms with E-state index in [2.05, 4.69) is 0 Å². The van der Waals surface area contributed by atoms with Crippen LogP contribution < -0.4 is 14.9 Å². The van der Waals surface area contributed by atoms with Gasteiger partial charge < -0.3 is 13.9 Å². The van der Waals surface area contributed by atoms with Crippen LogP contribution in [0.4, 0.5) is 0 Å². The SMILES string of the molecule is CC(=O)COc1ccc2c(=O)c(Oc3cc(C)cc(C)c3)coc2c1. The van der Waals surface area contributed by atoms with Gasteiger partial charge in [-0.1, -0.05) is 6.07 Å². The van der Waals surface area contributed by atoms with Crippen molar-refractivity contribution in [2.24, 2.45) is 0 Å². The lowest BCUT2D eigenvalue weighted by molar-refractivity contribution is -0.118. The van der Waals surface area contributed by atoms with Crippen molar-refractivity contribution < 1.29 is 18.7 Å². The molecule has 0 saturated heterocycles. The van der Waals surface area contributed by atoms with Gasteiger partial charge in [-0.25, -0.2) is 0 Å². The number of hydrogen-bond donors (Lipinski definition) is 0. The Labute approximate surface area is 144 Å². The highest BCUT2D eigenvalue weighted by Gasteiger charge is 2.11. The number of carbonyl (C=O) groups excluding carboxylic acids is 1. The Bertz CT molecular complexity index is 980. The number of rotatable bonds is 5. The number of carbonyl (C=O) groups is 1. The van der Waals surface area contributed by atoms with E-state index in [1.807, 2.05) is 32.0 Å². The molecule has 0 atom stereocenters. The zero-order chi connectivity index (χ0) is 18.0. The van der Waals surface area contributed by atoms with Crippen molar-refractivity contribution in [1.29, 1.82) is 0 Å². The van der Waals surface area contributed by atoms with Crippen LogP contribution in [0.1, 0.15) is 18.1 Å². The van der Waals surface area contributed by atoms with Crippen LogP contribution in [0, 0.1) is 13.8 Å². The van der Waals surface area contributed by atoms with Gasteiger partial charge in [0.25, 0.3) is 0 Å². The Balaban J connectivity index is 1.93. The molecule has 0 saturated carbocycles. The second kappa shape index (κ2) is 6.81. The molecule has 0 aliphatic carbocycles. The van der Waals surface area contributed by atoms with Crippen LogP contribution in [0.2, 0.25) is 0 Å². The maximum absolute atomic E-state index is 12.6. The topological polar surface area (TPSA) is 65.7 Å². The Morgan fingerprint density at radius 3 is 2.44 bits per heavy atom. The maximum atomic E-state index is 12.6. The Morgan fingerprint density at radius 2 is 1.76 bits per heavy atom. The summed E-state index contributed by atoms with van der Waals surface area (Å²) < 4.78 is 16.5. The summed E-state index contributed by atoms with van der Waals surface area (Å²) in [7, 11) is 0. The van der Waals surface area contributed by atoms with E-state index in [-0.39, 0.29) is 23.6 Å². The number of fused-ring (bicyclic) bond motifs is 1. The molecule has 0 N–H and O–H groups in total. The van der Waals surface area contributed by atoms with Gasteiger partial charge in [0.05, 0.1) is 5.39 Å². The van der Waals surface area contributed by atoms with Crippen LogP contribution in [0.25, 0.3) is 11.0 Å². The fourth-order valence-electron chi connectivity index (χ4n) is 2.55. The third kappa shape index (κ3) is 3.88. The van der Waals surface area contributed by atoms with E-state index >= 15 is 0 Å². The van der Waals surface area contributed by atoms with E-state index in [1.165, 1.54) is 13.2 Å². The predicted octanol–water partition coefficient (Wildman–Crippen LogP) is 4.17. The molecule has 0 spiro atoms. The van der Waals surface area contributed by atoms with Crippen LogP contribution in [-0.2, 0) is 4.79 Å². The number of Topliss-reactive ketones (excluding diaryl/α,β-unsaturated/α-hetero) is 1. The summed E-state index contributed by atoms with van der Waals surface area (Å²) in [6.45, 7) is 5.35. The van der Waals surface area contributed by atoms with Crippen molar-refractivity contribution in [3.05, 3.63) is 64.0 Å². The highest BCUT2D eigenvalue weighted by molar-refractivity contribution is 5.80. The van der Waals surface area contributed by atoms with E-state index in [0.717, 1.165) is 11.1 Å². The van der Waals surface area contributed by atoms with Crippen molar-refractivity contribution in [3.63, 3.8) is 0 Å². The van der Waals surface area contributed by atoms with E-state index in [1.54, 1.807) is 18.2 Å². The van der Waals surface area contributed by atoms with Crippen molar-refractivity contribution in [3.8, 4) is 17.2 Å². The largest absolute Gasteiger partial charge is 0.486 e. The van der Waals surface area contributed by atoms with Gasteiger partial charge in [0, 0.05) is 6.07 Å². The number of ketones is 1. The second-order valence-corrected chi connectivity index (χ2v) is 6.00. The second-order valence-electron chi connectivity index (χ2n) is 6.00. The quantitative estimate of drug-likeness (QED) is 0.698. The minimum atomic E-state index is -0.265. The normalized spacial score (nSPS) is 10.7. The molecule has 0 aliphatic rings. The molecule has 5 heteroatoms. The summed E-state index contributed by atoms with van der Waals surface area (Å²) in [6.07, 6.45) is 1.29. The average molecular weight is 338 g/mol. The molecule has 0 amide bonds. The van der Waals surface area contributed by atoms with Crippen LogP contribution in [0.5, 0.6) is 17.2 Å². The Kier molecular flexibility index (Phi) is 4.57. The molecule has 25 heavy (non-hydrogen) atoms. The summed E-state index contributed by atoms with van der Waals surface area (Å²) in [5.41, 5.74) is 2.21. The zero-order valence-electron chi connectivity index (χ0n) is 14.3. The predicted molar refractivity (Wildman–Crippen MR) is 94.7 cm³/mol. The van der Waals surface area contributed by atoms with E-state index in [4.69, 9.17) is 13.9 Å². The Morgan fingerprint density at radius 1 is 1.04 bits per heavy atom. The molecular formula is C20H18O5. The van der Waals surface area contributed by atoms with Crippen LogP contribution >= 0.6 is 0 Å². The maximum Gasteiger partial charge on any atom is 0.235 e. The smallest absolute Gasteiger partial charge is 0.235 e. The van der Waals surface area contributed by atoms with Crippen LogP contribution in [-0.4, -0.2) is 12.4 Å². The molecule has 0 aliphatic heterocycles. The first-order valence-electron chi connectivity index (χ1n) is 7.86. The standard InChI is InChI=1S/C20H18O5/c1-12-6-13(2)8-16(7-12)25-19-11-24-18-9-15(23-10-14(3)21)4-5-17(18)20(19)22/h4-9,11H,10H2,1-3H3. The van der Waals surface area contributed by atoms with Crippen LogP contribution in [0.3, 0.4) is 0 Å². The van der Waals surface area contributed by atoms with Gasteiger partial charge in [-0.3, -0.25) is 9.59 Å². The molecule has 0 radical (unpaired) electrons. The van der Waals surface area contributed by atoms with Gasteiger partial charge in [-0.2, -0.15) is 0 Å². The van der Waals surface area contributed by atoms with E-state index < -0.39 is 0 Å². The molecule has 3 aromatic rings. The van der Waals surface area contributed by atoms with Crippen molar-refractivity contribution in [1.82, 2.24) is 0 Å². The molecular weight excluding hydrogens is 320 g/mol. The lowest BCUT2D eigenvalue weighted by atomic mass is 10.1. The summed E-state index contributed by atoms with van der Waals surface area (Å²) >= 11 is 0. The number of hydrogen-bond acceptors (Lipinski definition) is 5. The third-order valence-electron chi connectivity index (χ3n) is 3.58. The molecule has 128 valence electrons. The molecule has 2 aromatic carbocycles. The van der Waals surface area contributed by atoms with E-state index in [9.17, 15) is 9.59 Å². The summed E-state index contributed by atoms with van der Waals surface area (Å²) in [6, 6.07) is 10.6. The van der Waals surface area contributed by atoms with Crippen LogP contribution in [0.15, 0.2) is 51.9 Å². The molecule has 5 nitrogen and oxygen atoms in total. The minimum absolute atomic E-state index is 0.0242. The molecule has 0 fully saturated rings. The fraction of sp³-hybridized carbons (Fsp3) is 0.200. The summed E-state index contributed by atoms with van der Waals surface area (Å²) in [5, 5.41) is 0.386. The van der Waals surface area contributed by atoms with Gasteiger partial charge in [0.2, 0.25) is 11.2 Å². The highest BCUT2D eigenvalue weighted by atomic mass is 16.5. The number of ether oxygens (including phenoxy) is 2. The minimum Gasteiger partial charge on any atom is -0.486 e. The van der Waals surface area contributed by atoms with Gasteiger partial charge >= 0.3 is 0 Å². The van der Waals surface area contributed by atoms with Gasteiger partial charge in [-0.05, 0) is 56.2 Å².